The molecule has 3 fully saturated rings. The highest BCUT2D eigenvalue weighted by Gasteiger charge is 2.56. The molecule has 148 valence electrons. The summed E-state index contributed by atoms with van der Waals surface area (Å²) in [6.45, 7) is 6.26. The molecule has 3 aliphatic carbocycles. The molecule has 0 radical (unpaired) electrons. The van der Waals surface area contributed by atoms with Crippen molar-refractivity contribution in [3.63, 3.8) is 0 Å². The highest BCUT2D eigenvalue weighted by molar-refractivity contribution is 5.98. The van der Waals surface area contributed by atoms with Gasteiger partial charge in [0.25, 0.3) is 11.5 Å². The first-order chi connectivity index (χ1) is 12.5. The zero-order valence-electron chi connectivity index (χ0n) is 16.5. The molecule has 3 aliphatic rings. The van der Waals surface area contributed by atoms with Crippen LogP contribution in [0.5, 0.6) is 0 Å². The molecule has 3 saturated carbocycles. The lowest BCUT2D eigenvalue weighted by Crippen LogP contribution is -2.58. The maximum atomic E-state index is 12.7. The minimum atomic E-state index is -1.18. The van der Waals surface area contributed by atoms with Crippen LogP contribution in [0.25, 0.3) is 0 Å². The lowest BCUT2D eigenvalue weighted by Gasteiger charge is -2.62. The first-order valence-electron chi connectivity index (χ1n) is 9.34. The second-order valence-electron chi connectivity index (χ2n) is 8.70. The maximum Gasteiger partial charge on any atom is 0.325 e. The lowest BCUT2D eigenvalue weighted by atomic mass is 9.45. The molecule has 1 aromatic rings. The summed E-state index contributed by atoms with van der Waals surface area (Å²) in [5, 5.41) is 16.3. The van der Waals surface area contributed by atoms with Crippen LogP contribution >= 0.6 is 0 Å². The molecule has 0 aliphatic heterocycles. The average molecular weight is 376 g/mol. The van der Waals surface area contributed by atoms with Crippen LogP contribution in [-0.2, 0) is 11.3 Å². The molecule has 8 nitrogen and oxygen atoms in total. The SMILES string of the molecule is C[C@@H]1[C@H]2C[C@@H](C[C@H]1Nc1cnn(CC(=O)O)c(=O)c1C(=O)N(C)C)C2(C)C. The van der Waals surface area contributed by atoms with E-state index < -0.39 is 24.0 Å². The summed E-state index contributed by atoms with van der Waals surface area (Å²) in [5.41, 5.74) is -0.0171. The van der Waals surface area contributed by atoms with Crippen molar-refractivity contribution in [1.82, 2.24) is 14.7 Å². The van der Waals surface area contributed by atoms with Gasteiger partial charge in [-0.25, -0.2) is 4.68 Å². The molecule has 2 bridgehead atoms. The van der Waals surface area contributed by atoms with Gasteiger partial charge in [0, 0.05) is 20.1 Å². The minimum Gasteiger partial charge on any atom is -0.480 e. The summed E-state index contributed by atoms with van der Waals surface area (Å²) in [4.78, 5) is 37.6. The van der Waals surface area contributed by atoms with Gasteiger partial charge >= 0.3 is 5.97 Å². The number of fused-ring (bicyclic) bond motifs is 2. The van der Waals surface area contributed by atoms with Gasteiger partial charge in [-0.15, -0.1) is 0 Å². The summed E-state index contributed by atoms with van der Waals surface area (Å²) >= 11 is 0. The molecule has 0 aromatic carbocycles. The van der Waals surface area contributed by atoms with Crippen molar-refractivity contribution in [1.29, 1.82) is 0 Å². The van der Waals surface area contributed by atoms with Crippen molar-refractivity contribution in [3.8, 4) is 0 Å². The molecule has 0 saturated heterocycles. The van der Waals surface area contributed by atoms with Crippen molar-refractivity contribution < 1.29 is 14.7 Å². The summed E-state index contributed by atoms with van der Waals surface area (Å²) in [6, 6.07) is 0.159. The second kappa shape index (κ2) is 6.65. The van der Waals surface area contributed by atoms with Gasteiger partial charge in [0.05, 0.1) is 11.9 Å². The number of carboxylic acid groups (broad SMARTS) is 1. The third-order valence-corrected chi connectivity index (χ3v) is 6.64. The summed E-state index contributed by atoms with van der Waals surface area (Å²) in [5.74, 6) is 0.00941. The molecule has 1 amide bonds. The van der Waals surface area contributed by atoms with Gasteiger partial charge in [-0.3, -0.25) is 14.4 Å². The fraction of sp³-hybridized carbons (Fsp3) is 0.684. The molecule has 4 rings (SSSR count). The second-order valence-corrected chi connectivity index (χ2v) is 8.70. The van der Waals surface area contributed by atoms with Gasteiger partial charge in [0.15, 0.2) is 0 Å². The fourth-order valence-corrected chi connectivity index (χ4v) is 4.81. The number of anilines is 1. The third-order valence-electron chi connectivity index (χ3n) is 6.64. The smallest absolute Gasteiger partial charge is 0.325 e. The Balaban J connectivity index is 1.93. The number of aliphatic carboxylic acids is 1. The van der Waals surface area contributed by atoms with Gasteiger partial charge in [-0.05, 0) is 36.0 Å². The van der Waals surface area contributed by atoms with E-state index in [1.165, 1.54) is 17.5 Å². The Morgan fingerprint density at radius 3 is 2.56 bits per heavy atom. The number of carbonyl (C=O) groups is 2. The molecule has 27 heavy (non-hydrogen) atoms. The van der Waals surface area contributed by atoms with Crippen molar-refractivity contribution in [2.45, 2.75) is 46.2 Å². The molecule has 1 aromatic heterocycles. The van der Waals surface area contributed by atoms with Crippen LogP contribution in [0.4, 0.5) is 5.69 Å². The van der Waals surface area contributed by atoms with Crippen LogP contribution in [0, 0.1) is 23.2 Å². The van der Waals surface area contributed by atoms with E-state index in [-0.39, 0.29) is 11.6 Å². The van der Waals surface area contributed by atoms with Crippen LogP contribution in [-0.4, -0.2) is 51.8 Å². The van der Waals surface area contributed by atoms with Gasteiger partial charge in [0.1, 0.15) is 12.1 Å². The van der Waals surface area contributed by atoms with Gasteiger partial charge in [-0.1, -0.05) is 20.8 Å². The molecule has 0 unspecified atom stereocenters. The topological polar surface area (TPSA) is 105 Å². The zero-order valence-corrected chi connectivity index (χ0v) is 16.5. The van der Waals surface area contributed by atoms with Crippen LogP contribution in [0.1, 0.15) is 44.0 Å². The standard InChI is InChI=1S/C19H28N4O4/c1-10-12-6-11(19(12,2)3)7-13(10)21-14-8-20-23(9-15(24)25)18(27)16(14)17(26)22(4)5/h8,10-13,21H,6-7,9H2,1-5H3,(H,24,25)/t10-,11+,12-,13-/m1/s1. The minimum absolute atomic E-state index is 0.0537. The molecular weight excluding hydrogens is 348 g/mol. The summed E-state index contributed by atoms with van der Waals surface area (Å²) < 4.78 is 0.815. The van der Waals surface area contributed by atoms with E-state index in [1.54, 1.807) is 14.1 Å². The maximum absolute atomic E-state index is 12.7. The molecule has 8 heteroatoms. The van der Waals surface area contributed by atoms with E-state index in [0.29, 0.717) is 28.9 Å². The Labute approximate surface area is 158 Å². The number of amides is 1. The van der Waals surface area contributed by atoms with Crippen LogP contribution in [0.3, 0.4) is 0 Å². The quantitative estimate of drug-likeness (QED) is 0.807. The molecule has 2 N–H and O–H groups in total. The summed E-state index contributed by atoms with van der Waals surface area (Å²) in [6.07, 6.45) is 3.62. The predicted octanol–water partition coefficient (Wildman–Crippen LogP) is 1.51. The number of hydrogen-bond donors (Lipinski definition) is 2. The Kier molecular flexibility index (Phi) is 4.78. The Bertz CT molecular complexity index is 829. The van der Waals surface area contributed by atoms with Gasteiger partial charge in [-0.2, -0.15) is 5.10 Å². The molecule has 4 atom stereocenters. The van der Waals surface area contributed by atoms with Crippen LogP contribution in [0.2, 0.25) is 0 Å². The number of aromatic nitrogens is 2. The van der Waals surface area contributed by atoms with Crippen LogP contribution < -0.4 is 10.9 Å². The van der Waals surface area contributed by atoms with E-state index in [0.717, 1.165) is 11.1 Å². The monoisotopic (exact) mass is 376 g/mol. The van der Waals surface area contributed by atoms with E-state index in [1.807, 2.05) is 0 Å². The Hall–Kier alpha value is -2.38. The zero-order chi connectivity index (χ0) is 20.1. The molecule has 1 heterocycles. The predicted molar refractivity (Wildman–Crippen MR) is 101 cm³/mol. The van der Waals surface area contributed by atoms with Crippen molar-refractivity contribution >= 4 is 17.6 Å². The summed E-state index contributed by atoms with van der Waals surface area (Å²) in [7, 11) is 3.13. The normalized spacial score (nSPS) is 28.2. The van der Waals surface area contributed by atoms with E-state index >= 15 is 0 Å². The molecule has 0 spiro atoms. The number of carbonyl (C=O) groups excluding carboxylic acids is 1. The Morgan fingerprint density at radius 2 is 2.04 bits per heavy atom. The number of carboxylic acids is 1. The Morgan fingerprint density at radius 1 is 1.37 bits per heavy atom. The fourth-order valence-electron chi connectivity index (χ4n) is 4.81. The van der Waals surface area contributed by atoms with E-state index in [9.17, 15) is 14.4 Å². The number of nitrogens with one attached hydrogen (secondary N) is 1. The van der Waals surface area contributed by atoms with E-state index in [4.69, 9.17) is 5.11 Å². The largest absolute Gasteiger partial charge is 0.480 e. The third kappa shape index (κ3) is 3.21. The van der Waals surface area contributed by atoms with E-state index in [2.05, 4.69) is 31.2 Å². The average Bonchev–Trinajstić information content (AvgIpc) is 2.57. The van der Waals surface area contributed by atoms with Gasteiger partial charge < -0.3 is 15.3 Å². The first kappa shape index (κ1) is 19.4. The number of hydrogen-bond acceptors (Lipinski definition) is 5. The van der Waals surface area contributed by atoms with Crippen molar-refractivity contribution in [3.05, 3.63) is 22.1 Å². The lowest BCUT2D eigenvalue weighted by molar-refractivity contribution is -0.138. The highest BCUT2D eigenvalue weighted by atomic mass is 16.4. The molecular formula is C19H28N4O4. The number of rotatable bonds is 5. The van der Waals surface area contributed by atoms with Gasteiger partial charge in [0.2, 0.25) is 0 Å². The number of nitrogens with zero attached hydrogens (tertiary/aromatic N) is 3. The van der Waals surface area contributed by atoms with Crippen LogP contribution in [0.15, 0.2) is 11.0 Å². The first-order valence-corrected chi connectivity index (χ1v) is 9.34. The van der Waals surface area contributed by atoms with Crippen molar-refractivity contribution in [2.24, 2.45) is 23.2 Å². The highest BCUT2D eigenvalue weighted by Crippen LogP contribution is 2.61. The van der Waals surface area contributed by atoms with Crippen molar-refractivity contribution in [2.75, 3.05) is 19.4 Å².